The topological polar surface area (TPSA) is 73.9 Å². The van der Waals surface area contributed by atoms with E-state index in [1.54, 1.807) is 50.6 Å². The third-order valence-electron chi connectivity index (χ3n) is 3.98. The van der Waals surface area contributed by atoms with Crippen molar-refractivity contribution in [3.8, 4) is 11.5 Å². The molecule has 128 valence electrons. The van der Waals surface area contributed by atoms with Crippen LogP contribution in [-0.4, -0.2) is 33.2 Å². The van der Waals surface area contributed by atoms with Crippen molar-refractivity contribution in [3.63, 3.8) is 0 Å². The fourth-order valence-corrected chi connectivity index (χ4v) is 2.75. The fraction of sp³-hybridized carbons (Fsp3) is 0.158. The first-order chi connectivity index (χ1) is 12.1. The van der Waals surface area contributed by atoms with Gasteiger partial charge in [-0.2, -0.15) is 0 Å². The van der Waals surface area contributed by atoms with E-state index in [4.69, 9.17) is 14.2 Å². The minimum Gasteiger partial charge on any atom is -0.496 e. The predicted octanol–water partition coefficient (Wildman–Crippen LogP) is 2.98. The van der Waals surface area contributed by atoms with Crippen LogP contribution in [0.3, 0.4) is 0 Å². The second kappa shape index (κ2) is 6.68. The Balaban J connectivity index is 2.11. The zero-order chi connectivity index (χ0) is 18.0. The molecule has 0 radical (unpaired) electrons. The minimum atomic E-state index is -0.458. The zero-order valence-electron chi connectivity index (χ0n) is 14.1. The Bertz CT molecular complexity index is 863. The van der Waals surface area contributed by atoms with Crippen molar-refractivity contribution < 1.29 is 23.8 Å². The summed E-state index contributed by atoms with van der Waals surface area (Å²) >= 11 is 0. The van der Waals surface area contributed by atoms with Crippen LogP contribution in [0.1, 0.15) is 21.5 Å². The number of hydrogen-bond acceptors (Lipinski definition) is 5. The van der Waals surface area contributed by atoms with Crippen molar-refractivity contribution in [1.29, 1.82) is 0 Å². The van der Waals surface area contributed by atoms with E-state index < -0.39 is 5.97 Å². The van der Waals surface area contributed by atoms with Crippen LogP contribution in [0.5, 0.6) is 11.5 Å². The largest absolute Gasteiger partial charge is 0.496 e. The van der Waals surface area contributed by atoms with Gasteiger partial charge >= 0.3 is 5.97 Å². The number of esters is 1. The molecule has 0 bridgehead atoms. The zero-order valence-corrected chi connectivity index (χ0v) is 14.1. The first-order valence-corrected chi connectivity index (χ1v) is 7.55. The van der Waals surface area contributed by atoms with Crippen LogP contribution in [0, 0.1) is 0 Å². The molecule has 0 spiro atoms. The Morgan fingerprint density at radius 2 is 1.72 bits per heavy atom. The molecule has 25 heavy (non-hydrogen) atoms. The molecule has 6 nitrogen and oxygen atoms in total. The standard InChI is InChI=1S/C19H17NO5/c1-23-16-5-4-6-17(24-2)14(16)10-13-12-8-7-11(19(22)25-3)9-15(12)20-18(13)21/h4-10H,1-3H3,(H,20,21). The number of benzene rings is 2. The first-order valence-electron chi connectivity index (χ1n) is 7.55. The summed E-state index contributed by atoms with van der Waals surface area (Å²) in [6, 6.07) is 10.3. The maximum absolute atomic E-state index is 12.4. The quantitative estimate of drug-likeness (QED) is 0.685. The average Bonchev–Trinajstić information content (AvgIpc) is 2.95. The number of amides is 1. The Hall–Kier alpha value is -3.28. The van der Waals surface area contributed by atoms with E-state index in [1.165, 1.54) is 7.11 Å². The van der Waals surface area contributed by atoms with Gasteiger partial charge in [-0.05, 0) is 30.3 Å². The molecule has 0 saturated heterocycles. The van der Waals surface area contributed by atoms with Gasteiger partial charge in [0.1, 0.15) is 11.5 Å². The van der Waals surface area contributed by atoms with Crippen molar-refractivity contribution in [1.82, 2.24) is 0 Å². The van der Waals surface area contributed by atoms with Crippen LogP contribution < -0.4 is 14.8 Å². The maximum Gasteiger partial charge on any atom is 0.337 e. The van der Waals surface area contributed by atoms with Crippen molar-refractivity contribution in [2.24, 2.45) is 0 Å². The van der Waals surface area contributed by atoms with Gasteiger partial charge in [-0.1, -0.05) is 12.1 Å². The molecule has 1 amide bonds. The van der Waals surface area contributed by atoms with Crippen molar-refractivity contribution in [3.05, 3.63) is 53.1 Å². The molecule has 1 aliphatic rings. The molecule has 2 aromatic rings. The highest BCUT2D eigenvalue weighted by Crippen LogP contribution is 2.37. The summed E-state index contributed by atoms with van der Waals surface area (Å²) in [5.74, 6) is 0.476. The lowest BCUT2D eigenvalue weighted by Gasteiger charge is -2.10. The highest BCUT2D eigenvalue weighted by Gasteiger charge is 2.26. The Labute approximate surface area is 145 Å². The lowest BCUT2D eigenvalue weighted by Crippen LogP contribution is -2.04. The molecule has 6 heteroatoms. The third-order valence-corrected chi connectivity index (χ3v) is 3.98. The number of carbonyl (C=O) groups is 2. The maximum atomic E-state index is 12.4. The van der Waals surface area contributed by atoms with Gasteiger partial charge in [-0.15, -0.1) is 0 Å². The second-order valence-corrected chi connectivity index (χ2v) is 5.34. The van der Waals surface area contributed by atoms with Crippen molar-refractivity contribution in [2.45, 2.75) is 0 Å². The molecule has 0 aromatic heterocycles. The highest BCUT2D eigenvalue weighted by atomic mass is 16.5. The lowest BCUT2D eigenvalue weighted by atomic mass is 10.0. The molecular weight excluding hydrogens is 322 g/mol. The number of hydrogen-bond donors (Lipinski definition) is 1. The number of rotatable bonds is 4. The van der Waals surface area contributed by atoms with E-state index in [9.17, 15) is 9.59 Å². The summed E-state index contributed by atoms with van der Waals surface area (Å²) in [5.41, 5.74) is 2.77. The molecule has 1 aliphatic heterocycles. The van der Waals surface area contributed by atoms with Crippen LogP contribution in [0.25, 0.3) is 11.6 Å². The van der Waals surface area contributed by atoms with E-state index in [1.807, 2.05) is 6.07 Å². The van der Waals surface area contributed by atoms with Crippen LogP contribution >= 0.6 is 0 Å². The molecule has 0 unspecified atom stereocenters. The van der Waals surface area contributed by atoms with Gasteiger partial charge in [-0.25, -0.2) is 4.79 Å². The Kier molecular flexibility index (Phi) is 4.43. The van der Waals surface area contributed by atoms with Gasteiger partial charge in [0.2, 0.25) is 0 Å². The number of anilines is 1. The molecule has 2 aromatic carbocycles. The molecule has 0 saturated carbocycles. The SMILES string of the molecule is COC(=O)c1ccc2c(c1)NC(=O)C2=Cc1c(OC)cccc1OC. The molecule has 0 fully saturated rings. The van der Waals surface area contributed by atoms with Crippen molar-refractivity contribution in [2.75, 3.05) is 26.6 Å². The number of ether oxygens (including phenoxy) is 3. The van der Waals surface area contributed by atoms with Gasteiger partial charge in [0, 0.05) is 16.8 Å². The van der Waals surface area contributed by atoms with Crippen LogP contribution in [0.15, 0.2) is 36.4 Å². The van der Waals surface area contributed by atoms with E-state index in [-0.39, 0.29) is 5.91 Å². The van der Waals surface area contributed by atoms with Gasteiger partial charge in [0.15, 0.2) is 0 Å². The van der Waals surface area contributed by atoms with Crippen LogP contribution in [0.2, 0.25) is 0 Å². The summed E-state index contributed by atoms with van der Waals surface area (Å²) < 4.78 is 15.4. The molecule has 0 atom stereocenters. The second-order valence-electron chi connectivity index (χ2n) is 5.34. The number of methoxy groups -OCH3 is 3. The monoisotopic (exact) mass is 339 g/mol. The normalized spacial score (nSPS) is 14.0. The first kappa shape index (κ1) is 16.6. The van der Waals surface area contributed by atoms with E-state index in [0.29, 0.717) is 39.4 Å². The van der Waals surface area contributed by atoms with Crippen molar-refractivity contribution >= 4 is 29.2 Å². The summed E-state index contributed by atoms with van der Waals surface area (Å²) in [4.78, 5) is 24.1. The summed E-state index contributed by atoms with van der Waals surface area (Å²) in [6.07, 6.45) is 1.72. The van der Waals surface area contributed by atoms with Gasteiger partial charge in [-0.3, -0.25) is 4.79 Å². The lowest BCUT2D eigenvalue weighted by molar-refractivity contribution is -0.110. The van der Waals surface area contributed by atoms with E-state index in [2.05, 4.69) is 5.32 Å². The molecule has 3 rings (SSSR count). The fourth-order valence-electron chi connectivity index (χ4n) is 2.75. The molecule has 0 aliphatic carbocycles. The molecular formula is C19H17NO5. The predicted molar refractivity (Wildman–Crippen MR) is 93.8 cm³/mol. The molecule has 1 heterocycles. The number of fused-ring (bicyclic) bond motifs is 1. The van der Waals surface area contributed by atoms with Gasteiger partial charge in [0.05, 0.1) is 32.5 Å². The van der Waals surface area contributed by atoms with Gasteiger partial charge in [0.25, 0.3) is 5.91 Å². The summed E-state index contributed by atoms with van der Waals surface area (Å²) in [6.45, 7) is 0. The summed E-state index contributed by atoms with van der Waals surface area (Å²) in [5, 5.41) is 2.77. The third kappa shape index (κ3) is 2.94. The van der Waals surface area contributed by atoms with Crippen LogP contribution in [-0.2, 0) is 9.53 Å². The summed E-state index contributed by atoms with van der Waals surface area (Å²) in [7, 11) is 4.43. The number of carbonyl (C=O) groups excluding carboxylic acids is 2. The van der Waals surface area contributed by atoms with E-state index >= 15 is 0 Å². The molecule has 1 N–H and O–H groups in total. The smallest absolute Gasteiger partial charge is 0.337 e. The van der Waals surface area contributed by atoms with Crippen LogP contribution in [0.4, 0.5) is 5.69 Å². The Morgan fingerprint density at radius 3 is 2.32 bits per heavy atom. The van der Waals surface area contributed by atoms with Gasteiger partial charge < -0.3 is 19.5 Å². The highest BCUT2D eigenvalue weighted by molar-refractivity contribution is 6.35. The van der Waals surface area contributed by atoms with E-state index in [0.717, 1.165) is 0 Å². The number of nitrogens with one attached hydrogen (secondary N) is 1. The minimum absolute atomic E-state index is 0.259. The average molecular weight is 339 g/mol. The Morgan fingerprint density at radius 1 is 1.04 bits per heavy atom.